The summed E-state index contributed by atoms with van der Waals surface area (Å²) in [7, 11) is 0. The minimum atomic E-state index is 1.02. The minimum absolute atomic E-state index is 1.02. The summed E-state index contributed by atoms with van der Waals surface area (Å²) in [4.78, 5) is 0. The minimum Gasteiger partial charge on any atom is -0.205 e. The van der Waals surface area contributed by atoms with E-state index in [9.17, 15) is 0 Å². The van der Waals surface area contributed by atoms with Gasteiger partial charge in [-0.2, -0.15) is 0 Å². The second kappa shape index (κ2) is 2.46. The van der Waals surface area contributed by atoms with Gasteiger partial charge >= 0.3 is 0 Å². The molecular weight excluding hydrogens is 98.1 g/mol. The predicted molar refractivity (Wildman–Crippen MR) is 35.1 cm³/mol. The average Bonchev–Trinajstić information content (AvgIpc) is 1.90. The maximum absolute atomic E-state index is 2.12. The number of rotatable bonds is 0. The molecule has 8 heavy (non-hydrogen) atoms. The van der Waals surface area contributed by atoms with Crippen LogP contribution < -0.4 is 0 Å². The molecule has 0 radical (unpaired) electrons. The van der Waals surface area contributed by atoms with E-state index in [-0.39, 0.29) is 0 Å². The van der Waals surface area contributed by atoms with E-state index >= 15 is 0 Å². The lowest BCUT2D eigenvalue weighted by molar-refractivity contribution is -0.441. The Balaban J connectivity index is 2.66. The third kappa shape index (κ3) is 1.06. The zero-order valence-corrected chi connectivity index (χ0v) is 5.04. The van der Waals surface area contributed by atoms with Crippen LogP contribution in [0.25, 0.3) is 0 Å². The Labute approximate surface area is 49.6 Å². The van der Waals surface area contributed by atoms with Crippen molar-refractivity contribution in [3.63, 3.8) is 0 Å². The van der Waals surface area contributed by atoms with Gasteiger partial charge in [-0.05, 0) is 6.08 Å². The quantitative estimate of drug-likeness (QED) is 0.410. The van der Waals surface area contributed by atoms with Gasteiger partial charge in [-0.3, -0.25) is 0 Å². The summed E-state index contributed by atoms with van der Waals surface area (Å²) in [5, 5.41) is 0. The Bertz CT molecular complexity index is 152. The van der Waals surface area contributed by atoms with Crippen molar-refractivity contribution in [1.29, 1.82) is 0 Å². The lowest BCUT2D eigenvalue weighted by atomic mass is 10.4. The molecule has 1 heteroatoms. The van der Waals surface area contributed by atoms with Crippen LogP contribution in [-0.4, -0.2) is 17.3 Å². The van der Waals surface area contributed by atoms with Gasteiger partial charge in [0.2, 0.25) is 0 Å². The van der Waals surface area contributed by atoms with Gasteiger partial charge in [-0.15, -0.1) is 0 Å². The van der Waals surface area contributed by atoms with Crippen molar-refractivity contribution in [1.82, 2.24) is 0 Å². The summed E-state index contributed by atoms with van der Waals surface area (Å²) in [5.41, 5.74) is 0. The van der Waals surface area contributed by atoms with E-state index in [2.05, 4.69) is 29.1 Å². The van der Waals surface area contributed by atoms with E-state index in [1.165, 1.54) is 0 Å². The monoisotopic (exact) mass is 108 g/mol. The second-order valence-electron chi connectivity index (χ2n) is 1.72. The normalized spacial score (nSPS) is 22.4. The van der Waals surface area contributed by atoms with Gasteiger partial charge in [0.1, 0.15) is 6.21 Å². The van der Waals surface area contributed by atoms with Crippen LogP contribution in [-0.2, 0) is 0 Å². The Morgan fingerprint density at radius 2 is 2.38 bits per heavy atom. The average molecular weight is 108 g/mol. The van der Waals surface area contributed by atoms with E-state index in [0.29, 0.717) is 0 Å². The topological polar surface area (TPSA) is 3.01 Å². The molecule has 0 amide bonds. The van der Waals surface area contributed by atoms with Crippen LogP contribution in [0.3, 0.4) is 0 Å². The molecule has 0 bridgehead atoms. The Morgan fingerprint density at radius 1 is 1.50 bits per heavy atom. The van der Waals surface area contributed by atoms with Gasteiger partial charge in [0.15, 0.2) is 12.7 Å². The molecule has 0 fully saturated rings. The number of hydrogen-bond acceptors (Lipinski definition) is 0. The Kier molecular flexibility index (Phi) is 1.62. The molecule has 0 aliphatic carbocycles. The highest BCUT2D eigenvalue weighted by Crippen LogP contribution is 1.88. The van der Waals surface area contributed by atoms with Crippen LogP contribution >= 0.6 is 0 Å². The van der Waals surface area contributed by atoms with Gasteiger partial charge in [0.25, 0.3) is 0 Å². The lowest BCUT2D eigenvalue weighted by Gasteiger charge is -1.92. The van der Waals surface area contributed by atoms with Crippen LogP contribution in [0.1, 0.15) is 6.92 Å². The molecule has 1 aliphatic rings. The fraction of sp³-hybridized carbons (Fsp3) is 0.286. The van der Waals surface area contributed by atoms with E-state index < -0.39 is 0 Å². The van der Waals surface area contributed by atoms with E-state index in [1.807, 2.05) is 13.0 Å². The van der Waals surface area contributed by atoms with Crippen molar-refractivity contribution in [3.8, 4) is 0 Å². The van der Waals surface area contributed by atoms with Crippen molar-refractivity contribution in [2.45, 2.75) is 6.92 Å². The Hall–Kier alpha value is -0.850. The molecule has 1 nitrogen and oxygen atoms in total. The van der Waals surface area contributed by atoms with E-state index in [4.69, 9.17) is 0 Å². The molecule has 0 aromatic rings. The highest BCUT2D eigenvalue weighted by molar-refractivity contribution is 5.47. The molecule has 0 saturated heterocycles. The summed E-state index contributed by atoms with van der Waals surface area (Å²) >= 11 is 0. The summed E-state index contributed by atoms with van der Waals surface area (Å²) in [6.45, 7) is 3.05. The third-order valence-electron chi connectivity index (χ3n) is 1.17. The zero-order valence-electron chi connectivity index (χ0n) is 5.04. The summed E-state index contributed by atoms with van der Waals surface area (Å²) < 4.78 is 2.12. The highest BCUT2D eigenvalue weighted by atomic mass is 15.0. The molecule has 1 rings (SSSR count). The number of nitrogens with zero attached hydrogens (tertiary/aromatic N) is 1. The molecule has 0 aromatic heterocycles. The largest absolute Gasteiger partial charge is 0.205 e. The summed E-state index contributed by atoms with van der Waals surface area (Å²) in [6.07, 6.45) is 10.3. The van der Waals surface area contributed by atoms with Gasteiger partial charge in [0, 0.05) is 13.0 Å². The molecule has 1 aliphatic heterocycles. The van der Waals surface area contributed by atoms with Crippen molar-refractivity contribution in [2.75, 3.05) is 6.54 Å². The highest BCUT2D eigenvalue weighted by Gasteiger charge is 1.94. The van der Waals surface area contributed by atoms with Gasteiger partial charge in [0.05, 0.1) is 0 Å². The smallest absolute Gasteiger partial charge is 0.168 e. The molecule has 42 valence electrons. The van der Waals surface area contributed by atoms with E-state index in [1.54, 1.807) is 0 Å². The first-order valence-electron chi connectivity index (χ1n) is 2.82. The second-order valence-corrected chi connectivity index (χ2v) is 1.72. The standard InChI is InChI=1S/C7H10N/c1-2-8-6-4-3-5-7-8/h2-6H,7H2,1H3/q+1. The SMILES string of the molecule is CC=[N+]1C=CC=CC1. The molecule has 1 heterocycles. The van der Waals surface area contributed by atoms with Crippen LogP contribution in [0.2, 0.25) is 0 Å². The first-order chi connectivity index (χ1) is 3.93. The number of hydrogen-bond donors (Lipinski definition) is 0. The number of allylic oxidation sites excluding steroid dienone is 2. The summed E-state index contributed by atoms with van der Waals surface area (Å²) in [6, 6.07) is 0. The van der Waals surface area contributed by atoms with E-state index in [0.717, 1.165) is 6.54 Å². The van der Waals surface area contributed by atoms with Crippen LogP contribution in [0.15, 0.2) is 24.4 Å². The third-order valence-corrected chi connectivity index (χ3v) is 1.17. The first kappa shape index (κ1) is 5.29. The molecule has 0 atom stereocenters. The maximum Gasteiger partial charge on any atom is 0.168 e. The molecule has 0 saturated carbocycles. The molecule has 0 unspecified atom stereocenters. The Morgan fingerprint density at radius 3 is 2.75 bits per heavy atom. The van der Waals surface area contributed by atoms with Gasteiger partial charge < -0.3 is 0 Å². The van der Waals surface area contributed by atoms with Crippen LogP contribution in [0, 0.1) is 0 Å². The first-order valence-corrected chi connectivity index (χ1v) is 2.82. The molecule has 0 aromatic carbocycles. The predicted octanol–water partition coefficient (Wildman–Crippen LogP) is 1.17. The fourth-order valence-corrected chi connectivity index (χ4v) is 0.674. The lowest BCUT2D eigenvalue weighted by Crippen LogP contribution is -2.05. The van der Waals surface area contributed by atoms with Crippen molar-refractivity contribution < 1.29 is 4.58 Å². The van der Waals surface area contributed by atoms with Crippen LogP contribution in [0.5, 0.6) is 0 Å². The van der Waals surface area contributed by atoms with Crippen molar-refractivity contribution in [3.05, 3.63) is 24.4 Å². The van der Waals surface area contributed by atoms with Crippen molar-refractivity contribution in [2.24, 2.45) is 0 Å². The molecule has 0 N–H and O–H groups in total. The van der Waals surface area contributed by atoms with Crippen molar-refractivity contribution >= 4 is 6.21 Å². The molecule has 0 spiro atoms. The van der Waals surface area contributed by atoms with Crippen LogP contribution in [0.4, 0.5) is 0 Å². The summed E-state index contributed by atoms with van der Waals surface area (Å²) in [5.74, 6) is 0. The maximum atomic E-state index is 2.12. The zero-order chi connectivity index (χ0) is 5.82. The van der Waals surface area contributed by atoms with Gasteiger partial charge in [-0.25, -0.2) is 4.58 Å². The fourth-order valence-electron chi connectivity index (χ4n) is 0.674. The molecular formula is C7H10N+. The van der Waals surface area contributed by atoms with Gasteiger partial charge in [-0.1, -0.05) is 6.08 Å².